The third-order valence-corrected chi connectivity index (χ3v) is 2.93. The Kier molecular flexibility index (Phi) is 5.48. The monoisotopic (exact) mass is 354 g/mol. The fraction of sp³-hybridized carbons (Fsp3) is 0.125. The number of alkyl halides is 3. The number of amides is 1. The van der Waals surface area contributed by atoms with E-state index in [1.165, 1.54) is 36.5 Å². The largest absolute Gasteiger partial charge is 0.504 e. The number of rotatable bonds is 5. The van der Waals surface area contributed by atoms with E-state index in [4.69, 9.17) is 9.84 Å². The van der Waals surface area contributed by atoms with E-state index >= 15 is 0 Å². The van der Waals surface area contributed by atoms with E-state index in [2.05, 4.69) is 10.5 Å². The van der Waals surface area contributed by atoms with Gasteiger partial charge in [-0.15, -0.1) is 0 Å². The molecule has 0 saturated heterocycles. The molecule has 25 heavy (non-hydrogen) atoms. The molecule has 2 aromatic rings. The van der Waals surface area contributed by atoms with E-state index < -0.39 is 24.3 Å². The van der Waals surface area contributed by atoms with Gasteiger partial charge in [0.2, 0.25) is 0 Å². The van der Waals surface area contributed by atoms with Crippen molar-refractivity contribution in [2.45, 2.75) is 6.18 Å². The van der Waals surface area contributed by atoms with Crippen molar-refractivity contribution >= 4 is 12.1 Å². The third kappa shape index (κ3) is 5.41. The van der Waals surface area contributed by atoms with Crippen LogP contribution in [0.15, 0.2) is 47.6 Å². The Morgan fingerprint density at radius 3 is 2.60 bits per heavy atom. The van der Waals surface area contributed by atoms with Crippen LogP contribution in [-0.4, -0.2) is 28.9 Å². The lowest BCUT2D eigenvalue weighted by molar-refractivity contribution is -0.137. The second-order valence-electron chi connectivity index (χ2n) is 4.86. The van der Waals surface area contributed by atoms with Crippen LogP contribution in [0.2, 0.25) is 0 Å². The lowest BCUT2D eigenvalue weighted by Gasteiger charge is -2.09. The van der Waals surface area contributed by atoms with E-state index in [-0.39, 0.29) is 17.2 Å². The van der Waals surface area contributed by atoms with Crippen LogP contribution in [-0.2, 0) is 11.0 Å². The van der Waals surface area contributed by atoms with Gasteiger partial charge in [0.25, 0.3) is 5.91 Å². The number of nitrogens with one attached hydrogen (secondary N) is 1. The van der Waals surface area contributed by atoms with Crippen molar-refractivity contribution in [1.29, 1.82) is 0 Å². The molecule has 0 saturated carbocycles. The smallest absolute Gasteiger partial charge is 0.416 e. The van der Waals surface area contributed by atoms with Gasteiger partial charge in [-0.2, -0.15) is 18.3 Å². The lowest BCUT2D eigenvalue weighted by Crippen LogP contribution is -2.24. The number of aromatic hydroxyl groups is 2. The first-order valence-corrected chi connectivity index (χ1v) is 6.89. The van der Waals surface area contributed by atoms with Crippen molar-refractivity contribution in [2.75, 3.05) is 6.61 Å². The molecule has 1 amide bonds. The third-order valence-electron chi connectivity index (χ3n) is 2.93. The van der Waals surface area contributed by atoms with Gasteiger partial charge in [0.15, 0.2) is 18.1 Å². The number of hydrazone groups is 1. The quantitative estimate of drug-likeness (QED) is 0.437. The molecule has 3 N–H and O–H groups in total. The van der Waals surface area contributed by atoms with E-state index in [0.29, 0.717) is 5.56 Å². The molecule has 0 aliphatic rings. The van der Waals surface area contributed by atoms with E-state index in [9.17, 15) is 23.1 Å². The molecular formula is C16H13F3N2O4. The fourth-order valence-corrected chi connectivity index (χ4v) is 1.74. The predicted octanol–water partition coefficient (Wildman–Crippen LogP) is 2.65. The van der Waals surface area contributed by atoms with Gasteiger partial charge in [0, 0.05) is 0 Å². The summed E-state index contributed by atoms with van der Waals surface area (Å²) in [7, 11) is 0. The maximum Gasteiger partial charge on any atom is 0.416 e. The molecule has 0 aliphatic heterocycles. The molecule has 2 aromatic carbocycles. The highest BCUT2D eigenvalue weighted by atomic mass is 19.4. The zero-order chi connectivity index (χ0) is 18.4. The summed E-state index contributed by atoms with van der Waals surface area (Å²) >= 11 is 0. The van der Waals surface area contributed by atoms with Crippen LogP contribution in [0.5, 0.6) is 17.2 Å². The molecule has 0 heterocycles. The van der Waals surface area contributed by atoms with Crippen LogP contribution in [0.4, 0.5) is 13.2 Å². The molecule has 2 rings (SSSR count). The summed E-state index contributed by atoms with van der Waals surface area (Å²) in [5.74, 6) is -1.42. The summed E-state index contributed by atoms with van der Waals surface area (Å²) in [6.07, 6.45) is -3.29. The molecule has 0 spiro atoms. The number of benzene rings is 2. The summed E-state index contributed by atoms with van der Waals surface area (Å²) in [5.41, 5.74) is 1.65. The molecule has 0 aliphatic carbocycles. The molecule has 0 fully saturated rings. The van der Waals surface area contributed by atoms with Crippen LogP contribution < -0.4 is 10.2 Å². The maximum absolute atomic E-state index is 12.6. The van der Waals surface area contributed by atoms with E-state index in [1.807, 2.05) is 0 Å². The van der Waals surface area contributed by atoms with Gasteiger partial charge >= 0.3 is 6.18 Å². The predicted molar refractivity (Wildman–Crippen MR) is 82.4 cm³/mol. The minimum atomic E-state index is -4.50. The Morgan fingerprint density at radius 2 is 1.92 bits per heavy atom. The van der Waals surface area contributed by atoms with Crippen LogP contribution in [0.1, 0.15) is 11.1 Å². The summed E-state index contributed by atoms with van der Waals surface area (Å²) in [6.45, 7) is -0.528. The highest BCUT2D eigenvalue weighted by Gasteiger charge is 2.30. The van der Waals surface area contributed by atoms with E-state index in [0.717, 1.165) is 12.1 Å². The van der Waals surface area contributed by atoms with Gasteiger partial charge in [0.1, 0.15) is 5.75 Å². The van der Waals surface area contributed by atoms with Crippen molar-refractivity contribution in [2.24, 2.45) is 5.10 Å². The van der Waals surface area contributed by atoms with Gasteiger partial charge in [0.05, 0.1) is 11.8 Å². The average Bonchev–Trinajstić information content (AvgIpc) is 2.56. The summed E-state index contributed by atoms with van der Waals surface area (Å²) in [5, 5.41) is 22.1. The molecule has 6 nitrogen and oxygen atoms in total. The molecule has 0 radical (unpaired) electrons. The Hall–Kier alpha value is -3.23. The first kappa shape index (κ1) is 18.1. The van der Waals surface area contributed by atoms with Crippen LogP contribution in [0, 0.1) is 0 Å². The molecule has 0 bridgehead atoms. The van der Waals surface area contributed by atoms with Gasteiger partial charge < -0.3 is 14.9 Å². The molecule has 0 unspecified atom stereocenters. The summed E-state index contributed by atoms with van der Waals surface area (Å²) < 4.78 is 42.7. The summed E-state index contributed by atoms with van der Waals surface area (Å²) in [4.78, 5) is 11.5. The summed E-state index contributed by atoms with van der Waals surface area (Å²) in [6, 6.07) is 8.07. The zero-order valence-electron chi connectivity index (χ0n) is 12.6. The van der Waals surface area contributed by atoms with Crippen LogP contribution >= 0.6 is 0 Å². The number of hydrogen-bond acceptors (Lipinski definition) is 5. The van der Waals surface area contributed by atoms with Gasteiger partial charge in [-0.05, 0) is 42.0 Å². The standard InChI is InChI=1S/C16H13F3N2O4/c17-16(18,19)11-2-1-3-12(7-11)25-9-15(24)21-20-8-10-4-5-13(22)14(23)6-10/h1-8,22-23H,9H2,(H,21,24)/b20-8+. The number of phenolic OH excluding ortho intramolecular Hbond substituents is 2. The van der Waals surface area contributed by atoms with Gasteiger partial charge in [-0.1, -0.05) is 6.07 Å². The Morgan fingerprint density at radius 1 is 1.16 bits per heavy atom. The topological polar surface area (TPSA) is 91.2 Å². The van der Waals surface area contributed by atoms with Crippen molar-refractivity contribution < 1.29 is 32.9 Å². The van der Waals surface area contributed by atoms with Crippen molar-refractivity contribution in [3.05, 3.63) is 53.6 Å². The Bertz CT molecular complexity index is 791. The molecule has 9 heteroatoms. The zero-order valence-corrected chi connectivity index (χ0v) is 12.6. The number of phenols is 2. The van der Waals surface area contributed by atoms with Crippen molar-refractivity contribution in [3.8, 4) is 17.2 Å². The molecule has 132 valence electrons. The average molecular weight is 354 g/mol. The van der Waals surface area contributed by atoms with Crippen molar-refractivity contribution in [1.82, 2.24) is 5.43 Å². The number of nitrogens with zero attached hydrogens (tertiary/aromatic N) is 1. The number of halogens is 3. The molecule has 0 aromatic heterocycles. The molecular weight excluding hydrogens is 341 g/mol. The Labute approximate surface area is 140 Å². The maximum atomic E-state index is 12.6. The highest BCUT2D eigenvalue weighted by molar-refractivity contribution is 5.83. The SMILES string of the molecule is O=C(COc1cccc(C(F)(F)F)c1)N/N=C/c1ccc(O)c(O)c1. The van der Waals surface area contributed by atoms with Gasteiger partial charge in [-0.3, -0.25) is 4.79 Å². The number of ether oxygens (including phenoxy) is 1. The highest BCUT2D eigenvalue weighted by Crippen LogP contribution is 2.31. The first-order chi connectivity index (χ1) is 11.8. The van der Waals surface area contributed by atoms with Crippen molar-refractivity contribution in [3.63, 3.8) is 0 Å². The second-order valence-corrected chi connectivity index (χ2v) is 4.86. The van der Waals surface area contributed by atoms with Crippen LogP contribution in [0.3, 0.4) is 0 Å². The first-order valence-electron chi connectivity index (χ1n) is 6.89. The number of carbonyl (C=O) groups excluding carboxylic acids is 1. The normalized spacial score (nSPS) is 11.5. The minimum absolute atomic E-state index is 0.0996. The lowest BCUT2D eigenvalue weighted by atomic mass is 10.2. The van der Waals surface area contributed by atoms with E-state index in [1.54, 1.807) is 0 Å². The Balaban J connectivity index is 1.86. The second kappa shape index (κ2) is 7.56. The fourth-order valence-electron chi connectivity index (χ4n) is 1.74. The number of hydrogen-bond donors (Lipinski definition) is 3. The van der Waals surface area contributed by atoms with Gasteiger partial charge in [-0.25, -0.2) is 5.43 Å². The number of carbonyl (C=O) groups is 1. The van der Waals surface area contributed by atoms with Crippen LogP contribution in [0.25, 0.3) is 0 Å². The minimum Gasteiger partial charge on any atom is -0.504 e. The molecule has 0 atom stereocenters.